The number of nitrogens with two attached hydrogens (primary N) is 1. The van der Waals surface area contributed by atoms with Crippen molar-refractivity contribution >= 4 is 5.91 Å². The molecule has 21 heavy (non-hydrogen) atoms. The molecule has 1 amide bonds. The predicted molar refractivity (Wildman–Crippen MR) is 80.6 cm³/mol. The van der Waals surface area contributed by atoms with E-state index >= 15 is 0 Å². The van der Waals surface area contributed by atoms with E-state index < -0.39 is 0 Å². The number of aromatic nitrogens is 2. The number of nitrogens with one attached hydrogen (secondary N) is 1. The Morgan fingerprint density at radius 1 is 1.62 bits per heavy atom. The molecule has 6 nitrogen and oxygen atoms in total. The maximum atomic E-state index is 12.1. The van der Waals surface area contributed by atoms with E-state index in [0.29, 0.717) is 18.9 Å². The second-order valence-electron chi connectivity index (χ2n) is 6.12. The first-order valence-corrected chi connectivity index (χ1v) is 7.73. The molecule has 0 bridgehead atoms. The van der Waals surface area contributed by atoms with Crippen LogP contribution in [0.15, 0.2) is 6.20 Å². The largest absolute Gasteiger partial charge is 0.394 e. The van der Waals surface area contributed by atoms with Gasteiger partial charge in [0.05, 0.1) is 25.4 Å². The van der Waals surface area contributed by atoms with E-state index in [2.05, 4.69) is 10.4 Å². The second kappa shape index (κ2) is 7.04. The molecular formula is C15H26N4O2. The second-order valence-corrected chi connectivity index (χ2v) is 6.12. The van der Waals surface area contributed by atoms with Crippen LogP contribution in [0.5, 0.6) is 0 Å². The normalized spacial score (nSPS) is 19.4. The van der Waals surface area contributed by atoms with Crippen molar-refractivity contribution < 1.29 is 9.90 Å². The van der Waals surface area contributed by atoms with Crippen LogP contribution in [-0.2, 0) is 17.8 Å². The molecule has 4 N–H and O–H groups in total. The molecule has 0 spiro atoms. The summed E-state index contributed by atoms with van der Waals surface area (Å²) in [6.45, 7) is 4.63. The van der Waals surface area contributed by atoms with Crippen LogP contribution in [0.3, 0.4) is 0 Å². The number of hydrogen-bond donors (Lipinski definition) is 3. The van der Waals surface area contributed by atoms with E-state index in [-0.39, 0.29) is 24.6 Å². The van der Waals surface area contributed by atoms with Gasteiger partial charge in [0.2, 0.25) is 5.91 Å². The Morgan fingerprint density at radius 3 is 3.05 bits per heavy atom. The molecule has 0 aromatic carbocycles. The van der Waals surface area contributed by atoms with Gasteiger partial charge in [-0.25, -0.2) is 0 Å². The summed E-state index contributed by atoms with van der Waals surface area (Å²) in [5, 5.41) is 16.5. The molecule has 0 saturated heterocycles. The lowest BCUT2D eigenvalue weighted by molar-refractivity contribution is -0.122. The summed E-state index contributed by atoms with van der Waals surface area (Å²) in [7, 11) is 0. The SMILES string of the molecule is CC(C)C(N)CC(=O)NC1CCCc2c1cnn2CCO. The lowest BCUT2D eigenvalue weighted by Crippen LogP contribution is -2.37. The third-order valence-electron chi connectivity index (χ3n) is 4.19. The summed E-state index contributed by atoms with van der Waals surface area (Å²) >= 11 is 0. The summed E-state index contributed by atoms with van der Waals surface area (Å²) in [5.74, 6) is 0.300. The third kappa shape index (κ3) is 3.83. The van der Waals surface area contributed by atoms with Crippen molar-refractivity contribution in [2.24, 2.45) is 11.7 Å². The minimum atomic E-state index is -0.106. The average Bonchev–Trinajstić information content (AvgIpc) is 2.83. The van der Waals surface area contributed by atoms with E-state index in [4.69, 9.17) is 10.8 Å². The van der Waals surface area contributed by atoms with E-state index in [9.17, 15) is 4.79 Å². The Labute approximate surface area is 125 Å². The molecule has 0 saturated carbocycles. The molecular weight excluding hydrogens is 268 g/mol. The smallest absolute Gasteiger partial charge is 0.222 e. The van der Waals surface area contributed by atoms with Crippen LogP contribution < -0.4 is 11.1 Å². The van der Waals surface area contributed by atoms with Crippen LogP contribution in [-0.4, -0.2) is 33.4 Å². The monoisotopic (exact) mass is 294 g/mol. The molecule has 2 atom stereocenters. The quantitative estimate of drug-likeness (QED) is 0.721. The van der Waals surface area contributed by atoms with Crippen molar-refractivity contribution in [3.05, 3.63) is 17.5 Å². The van der Waals surface area contributed by atoms with E-state index in [1.165, 1.54) is 0 Å². The minimum absolute atomic E-state index is 0.00366. The van der Waals surface area contributed by atoms with E-state index in [1.807, 2.05) is 24.7 Å². The number of aliphatic hydroxyl groups is 1. The molecule has 118 valence electrons. The van der Waals surface area contributed by atoms with Crippen molar-refractivity contribution in [1.82, 2.24) is 15.1 Å². The molecule has 1 aliphatic carbocycles. The summed E-state index contributed by atoms with van der Waals surface area (Å²) < 4.78 is 1.84. The zero-order valence-electron chi connectivity index (χ0n) is 12.9. The number of carbonyl (C=O) groups excluding carboxylic acids is 1. The number of rotatable bonds is 6. The van der Waals surface area contributed by atoms with Crippen LogP contribution >= 0.6 is 0 Å². The van der Waals surface area contributed by atoms with Crippen molar-refractivity contribution in [2.75, 3.05) is 6.61 Å². The fourth-order valence-electron chi connectivity index (χ4n) is 2.76. The number of hydrogen-bond acceptors (Lipinski definition) is 4. The highest BCUT2D eigenvalue weighted by Crippen LogP contribution is 2.29. The highest BCUT2D eigenvalue weighted by Gasteiger charge is 2.26. The van der Waals surface area contributed by atoms with Crippen LogP contribution in [0.2, 0.25) is 0 Å². The van der Waals surface area contributed by atoms with Gasteiger partial charge in [0.1, 0.15) is 0 Å². The Morgan fingerprint density at radius 2 is 2.38 bits per heavy atom. The Bertz CT molecular complexity index is 484. The van der Waals surface area contributed by atoms with Crippen LogP contribution in [0, 0.1) is 5.92 Å². The first-order valence-electron chi connectivity index (χ1n) is 7.73. The highest BCUT2D eigenvalue weighted by atomic mass is 16.3. The van der Waals surface area contributed by atoms with Crippen LogP contribution in [0.4, 0.5) is 0 Å². The van der Waals surface area contributed by atoms with Gasteiger partial charge in [-0.05, 0) is 25.2 Å². The van der Waals surface area contributed by atoms with Gasteiger partial charge in [-0.2, -0.15) is 5.10 Å². The zero-order valence-corrected chi connectivity index (χ0v) is 12.9. The summed E-state index contributed by atoms with van der Waals surface area (Å²) in [6.07, 6.45) is 5.07. The summed E-state index contributed by atoms with van der Waals surface area (Å²) in [4.78, 5) is 12.1. The average molecular weight is 294 g/mol. The number of fused-ring (bicyclic) bond motifs is 1. The van der Waals surface area contributed by atoms with Crippen molar-refractivity contribution in [1.29, 1.82) is 0 Å². The fourth-order valence-corrected chi connectivity index (χ4v) is 2.76. The van der Waals surface area contributed by atoms with Crippen molar-refractivity contribution in [2.45, 2.75) is 58.2 Å². The fraction of sp³-hybridized carbons (Fsp3) is 0.733. The molecule has 0 radical (unpaired) electrons. The van der Waals surface area contributed by atoms with Crippen LogP contribution in [0.25, 0.3) is 0 Å². The van der Waals surface area contributed by atoms with Gasteiger partial charge >= 0.3 is 0 Å². The topological polar surface area (TPSA) is 93.2 Å². The van der Waals surface area contributed by atoms with Crippen molar-refractivity contribution in [3.8, 4) is 0 Å². The highest BCUT2D eigenvalue weighted by molar-refractivity contribution is 5.77. The maximum Gasteiger partial charge on any atom is 0.222 e. The van der Waals surface area contributed by atoms with Crippen LogP contribution in [0.1, 0.15) is 50.4 Å². The molecule has 1 aromatic rings. The number of nitrogens with zero attached hydrogens (tertiary/aromatic N) is 2. The Kier molecular flexibility index (Phi) is 5.36. The molecule has 1 aliphatic rings. The molecule has 1 aromatic heterocycles. The lowest BCUT2D eigenvalue weighted by Gasteiger charge is -2.25. The van der Waals surface area contributed by atoms with Gasteiger partial charge in [-0.15, -0.1) is 0 Å². The van der Waals surface area contributed by atoms with E-state index in [1.54, 1.807) is 0 Å². The van der Waals surface area contributed by atoms with Gasteiger partial charge < -0.3 is 16.2 Å². The maximum absolute atomic E-state index is 12.1. The number of carbonyl (C=O) groups is 1. The minimum Gasteiger partial charge on any atom is -0.394 e. The molecule has 6 heteroatoms. The zero-order chi connectivity index (χ0) is 15.4. The Balaban J connectivity index is 2.01. The van der Waals surface area contributed by atoms with E-state index in [0.717, 1.165) is 30.5 Å². The standard InChI is InChI=1S/C15H26N4O2/c1-10(2)12(16)8-15(21)18-13-4-3-5-14-11(13)9-17-19(14)6-7-20/h9-10,12-13,20H,3-8,16H2,1-2H3,(H,18,21). The molecule has 1 heterocycles. The molecule has 2 rings (SSSR count). The predicted octanol–water partition coefficient (Wildman–Crippen LogP) is 0.742. The van der Waals surface area contributed by atoms with Crippen molar-refractivity contribution in [3.63, 3.8) is 0 Å². The molecule has 0 fully saturated rings. The third-order valence-corrected chi connectivity index (χ3v) is 4.19. The first kappa shape index (κ1) is 16.0. The van der Waals surface area contributed by atoms with Gasteiger partial charge in [-0.3, -0.25) is 9.48 Å². The summed E-state index contributed by atoms with van der Waals surface area (Å²) in [5.41, 5.74) is 8.17. The Hall–Kier alpha value is -1.40. The van der Waals surface area contributed by atoms with Gasteiger partial charge in [-0.1, -0.05) is 13.8 Å². The molecule has 0 aliphatic heterocycles. The van der Waals surface area contributed by atoms with Gasteiger partial charge in [0, 0.05) is 23.7 Å². The molecule has 2 unspecified atom stereocenters. The van der Waals surface area contributed by atoms with Gasteiger partial charge in [0.25, 0.3) is 0 Å². The summed E-state index contributed by atoms with van der Waals surface area (Å²) in [6, 6.07) is -0.0850. The lowest BCUT2D eigenvalue weighted by atomic mass is 9.92. The first-order chi connectivity index (χ1) is 10.0. The number of aliphatic hydroxyl groups excluding tert-OH is 1. The number of amides is 1. The van der Waals surface area contributed by atoms with Gasteiger partial charge in [0.15, 0.2) is 0 Å².